The van der Waals surface area contributed by atoms with E-state index in [4.69, 9.17) is 29.2 Å². The Morgan fingerprint density at radius 3 is 1.61 bits per heavy atom. The summed E-state index contributed by atoms with van der Waals surface area (Å²) in [5.41, 5.74) is 7.79. The van der Waals surface area contributed by atoms with E-state index in [9.17, 15) is 9.59 Å². The van der Waals surface area contributed by atoms with Gasteiger partial charge in [0.05, 0.1) is 24.4 Å². The van der Waals surface area contributed by atoms with Crippen LogP contribution < -0.4 is 9.47 Å². The Bertz CT molecular complexity index is 1720. The van der Waals surface area contributed by atoms with Gasteiger partial charge < -0.3 is 29.2 Å². The quantitative estimate of drug-likeness (QED) is 0.0608. The van der Waals surface area contributed by atoms with E-state index in [-0.39, 0.29) is 37.6 Å². The highest BCUT2D eigenvalue weighted by atomic mass is 16.6. The Balaban J connectivity index is 1.45. The molecule has 8 heteroatoms. The van der Waals surface area contributed by atoms with Gasteiger partial charge in [0.25, 0.3) is 0 Å². The molecule has 8 nitrogen and oxygen atoms in total. The van der Waals surface area contributed by atoms with Crippen molar-refractivity contribution in [2.75, 3.05) is 39.6 Å². The Kier molecular flexibility index (Phi) is 14.2. The topological polar surface area (TPSA) is 112 Å². The maximum Gasteiger partial charge on any atom is 0.335 e. The molecule has 0 amide bonds. The summed E-state index contributed by atoms with van der Waals surface area (Å²) in [5, 5.41) is 18.0. The number of hydrogen-bond donors (Lipinski definition) is 2. The second kappa shape index (κ2) is 19.0. The van der Waals surface area contributed by atoms with Gasteiger partial charge >= 0.3 is 11.9 Å². The molecule has 0 heterocycles. The fourth-order valence-electron chi connectivity index (χ4n) is 5.12. The molecule has 0 bridgehead atoms. The highest BCUT2D eigenvalue weighted by molar-refractivity contribution is 5.88. The van der Waals surface area contributed by atoms with Crippen LogP contribution in [0.25, 0.3) is 33.4 Å². The molecule has 0 aliphatic carbocycles. The monoisotopic (exact) mass is 664 g/mol. The van der Waals surface area contributed by atoms with Crippen LogP contribution in [0.15, 0.2) is 115 Å². The van der Waals surface area contributed by atoms with Crippen LogP contribution in [0.4, 0.5) is 0 Å². The van der Waals surface area contributed by atoms with Gasteiger partial charge in [0.2, 0.25) is 0 Å². The summed E-state index contributed by atoms with van der Waals surface area (Å²) in [6.45, 7) is 8.72. The number of carbonyl (C=O) groups is 2. The largest absolute Gasteiger partial charge is 0.490 e. The Morgan fingerprint density at radius 1 is 0.592 bits per heavy atom. The summed E-state index contributed by atoms with van der Waals surface area (Å²) in [6, 6.07) is 30.7. The molecule has 0 saturated carbocycles. The van der Waals surface area contributed by atoms with E-state index in [0.717, 1.165) is 53.5 Å². The molecular formula is C41H44O8. The molecule has 4 aromatic rings. The van der Waals surface area contributed by atoms with Gasteiger partial charge in [-0.1, -0.05) is 99.7 Å². The van der Waals surface area contributed by atoms with E-state index in [1.54, 1.807) is 0 Å². The number of hydrogen-bond acceptors (Lipinski definition) is 8. The van der Waals surface area contributed by atoms with Crippen molar-refractivity contribution < 1.29 is 38.7 Å². The fraction of sp³-hybridized carbons (Fsp3) is 0.268. The zero-order valence-electron chi connectivity index (χ0n) is 28.0. The van der Waals surface area contributed by atoms with Gasteiger partial charge in [-0.2, -0.15) is 0 Å². The normalized spacial score (nSPS) is 10.7. The third-order valence-electron chi connectivity index (χ3n) is 7.82. The molecule has 4 aromatic carbocycles. The van der Waals surface area contributed by atoms with Crippen LogP contribution in [0.1, 0.15) is 31.7 Å². The first-order valence-electron chi connectivity index (χ1n) is 16.4. The maximum absolute atomic E-state index is 11.7. The van der Waals surface area contributed by atoms with E-state index < -0.39 is 25.2 Å². The van der Waals surface area contributed by atoms with Gasteiger partial charge in [-0.05, 0) is 76.1 Å². The minimum Gasteiger partial charge on any atom is -0.490 e. The van der Waals surface area contributed by atoms with Crippen LogP contribution in [-0.4, -0.2) is 61.8 Å². The summed E-state index contributed by atoms with van der Waals surface area (Å²) >= 11 is 0. The van der Waals surface area contributed by atoms with E-state index in [1.807, 2.05) is 42.5 Å². The Morgan fingerprint density at radius 2 is 1.08 bits per heavy atom. The number of carbonyl (C=O) groups excluding carboxylic acids is 2. The van der Waals surface area contributed by atoms with Crippen molar-refractivity contribution >= 4 is 11.9 Å². The van der Waals surface area contributed by atoms with Gasteiger partial charge in [0.1, 0.15) is 37.9 Å². The van der Waals surface area contributed by atoms with E-state index >= 15 is 0 Å². The zero-order valence-corrected chi connectivity index (χ0v) is 28.0. The summed E-state index contributed by atoms with van der Waals surface area (Å²) in [4.78, 5) is 23.3. The molecule has 0 unspecified atom stereocenters. The second-order valence-corrected chi connectivity index (χ2v) is 11.5. The third-order valence-corrected chi connectivity index (χ3v) is 7.82. The van der Waals surface area contributed by atoms with Gasteiger partial charge in [-0.3, -0.25) is 0 Å². The summed E-state index contributed by atoms with van der Waals surface area (Å²) in [6.07, 6.45) is 4.35. The van der Waals surface area contributed by atoms with E-state index in [0.29, 0.717) is 11.5 Å². The zero-order chi connectivity index (χ0) is 35.0. The number of benzene rings is 4. The van der Waals surface area contributed by atoms with Crippen molar-refractivity contribution in [1.82, 2.24) is 0 Å². The lowest BCUT2D eigenvalue weighted by Crippen LogP contribution is -2.15. The molecule has 0 aliphatic rings. The standard InChI is InChI=1S/C41H44O8/c1-4-5-6-9-36-24-35(34-11-8-13-38(26-34)47-21-23-49-41(45)30(3)28-43)18-19-39(36)32-16-14-31(15-17-32)33-10-7-12-37(25-33)46-20-22-48-40(44)29(2)27-42/h7-8,10-19,24-26,42-43H,2-6,9,20-23,27-28H2,1H3. The van der Waals surface area contributed by atoms with Gasteiger partial charge in [0, 0.05) is 0 Å². The highest BCUT2D eigenvalue weighted by Crippen LogP contribution is 2.33. The van der Waals surface area contributed by atoms with Crippen molar-refractivity contribution in [2.45, 2.75) is 32.6 Å². The number of aliphatic hydroxyl groups excluding tert-OH is 2. The lowest BCUT2D eigenvalue weighted by atomic mass is 9.91. The highest BCUT2D eigenvalue weighted by Gasteiger charge is 2.11. The first-order chi connectivity index (χ1) is 23.8. The van der Waals surface area contributed by atoms with Crippen molar-refractivity contribution in [1.29, 1.82) is 0 Å². The first-order valence-corrected chi connectivity index (χ1v) is 16.4. The molecule has 256 valence electrons. The Hall–Kier alpha value is -5.18. The van der Waals surface area contributed by atoms with Crippen LogP contribution in [0.2, 0.25) is 0 Å². The first kappa shape index (κ1) is 36.7. The Labute approximate surface area is 288 Å². The maximum atomic E-state index is 11.7. The average molecular weight is 665 g/mol. The smallest absolute Gasteiger partial charge is 0.335 e. The minimum atomic E-state index is -0.635. The number of esters is 2. The molecule has 0 saturated heterocycles. The molecule has 0 atom stereocenters. The van der Waals surface area contributed by atoms with Crippen LogP contribution in [-0.2, 0) is 25.5 Å². The van der Waals surface area contributed by atoms with Crippen molar-refractivity contribution in [2.24, 2.45) is 0 Å². The molecule has 49 heavy (non-hydrogen) atoms. The van der Waals surface area contributed by atoms with Crippen molar-refractivity contribution in [3.63, 3.8) is 0 Å². The molecule has 0 radical (unpaired) electrons. The number of rotatable bonds is 19. The number of ether oxygens (including phenoxy) is 4. The SMILES string of the molecule is C=C(CO)C(=O)OCCOc1cccc(-c2ccc(-c3ccc(-c4cccc(OCCOC(=O)C(=C)CO)c4)cc3CCCCC)cc2)c1. The van der Waals surface area contributed by atoms with Gasteiger partial charge in [-0.15, -0.1) is 0 Å². The summed E-state index contributed by atoms with van der Waals surface area (Å²) in [5.74, 6) is 0.0631. The fourth-order valence-corrected chi connectivity index (χ4v) is 5.12. The molecule has 0 aromatic heterocycles. The molecule has 2 N–H and O–H groups in total. The molecule has 0 spiro atoms. The number of unbranched alkanes of at least 4 members (excludes halogenated alkanes) is 2. The predicted octanol–water partition coefficient (Wildman–Crippen LogP) is 7.36. The van der Waals surface area contributed by atoms with E-state index in [2.05, 4.69) is 68.6 Å². The van der Waals surface area contributed by atoms with Gasteiger partial charge in [-0.25, -0.2) is 9.59 Å². The third kappa shape index (κ3) is 10.9. The number of aliphatic hydroxyl groups is 2. The lowest BCUT2D eigenvalue weighted by Gasteiger charge is -2.14. The average Bonchev–Trinajstić information content (AvgIpc) is 3.14. The lowest BCUT2D eigenvalue weighted by molar-refractivity contribution is -0.141. The predicted molar refractivity (Wildman–Crippen MR) is 191 cm³/mol. The minimum absolute atomic E-state index is 0.00753. The van der Waals surface area contributed by atoms with Crippen LogP contribution >= 0.6 is 0 Å². The second-order valence-electron chi connectivity index (χ2n) is 11.5. The van der Waals surface area contributed by atoms with Crippen LogP contribution in [0, 0.1) is 0 Å². The number of aryl methyl sites for hydroxylation is 1. The molecule has 0 aliphatic heterocycles. The van der Waals surface area contributed by atoms with Crippen LogP contribution in [0.3, 0.4) is 0 Å². The van der Waals surface area contributed by atoms with Crippen molar-refractivity contribution in [3.8, 4) is 44.9 Å². The van der Waals surface area contributed by atoms with Crippen molar-refractivity contribution in [3.05, 3.63) is 121 Å². The summed E-state index contributed by atoms with van der Waals surface area (Å²) in [7, 11) is 0. The molecular weight excluding hydrogens is 620 g/mol. The van der Waals surface area contributed by atoms with Crippen LogP contribution in [0.5, 0.6) is 11.5 Å². The molecule has 0 fully saturated rings. The van der Waals surface area contributed by atoms with Gasteiger partial charge in [0.15, 0.2) is 0 Å². The summed E-state index contributed by atoms with van der Waals surface area (Å²) < 4.78 is 21.7. The molecule has 4 rings (SSSR count). The van der Waals surface area contributed by atoms with E-state index in [1.165, 1.54) is 11.1 Å².